The van der Waals surface area contributed by atoms with Crippen molar-refractivity contribution in [3.63, 3.8) is 0 Å². The van der Waals surface area contributed by atoms with E-state index in [-0.39, 0.29) is 22.8 Å². The molecule has 1 spiro atoms. The van der Waals surface area contributed by atoms with Crippen LogP contribution in [-0.2, 0) is 18.1 Å². The predicted molar refractivity (Wildman–Crippen MR) is 134 cm³/mol. The van der Waals surface area contributed by atoms with Crippen LogP contribution < -0.4 is 15.0 Å². The first kappa shape index (κ1) is 24.7. The lowest BCUT2D eigenvalue weighted by Crippen LogP contribution is -2.41. The third kappa shape index (κ3) is 4.62. The molecule has 3 aromatic carbocycles. The first-order valence-electron chi connectivity index (χ1n) is 12.2. The molecule has 8 heteroatoms. The van der Waals surface area contributed by atoms with Crippen LogP contribution in [0.2, 0.25) is 0 Å². The van der Waals surface area contributed by atoms with Crippen LogP contribution >= 0.6 is 0 Å². The highest BCUT2D eigenvalue weighted by molar-refractivity contribution is 5.96. The summed E-state index contributed by atoms with van der Waals surface area (Å²) in [6.45, 7) is 0.808. The number of carbonyl (C=O) groups excluding carboxylic acids is 1. The van der Waals surface area contributed by atoms with Crippen LogP contribution in [0.1, 0.15) is 47.9 Å². The van der Waals surface area contributed by atoms with Gasteiger partial charge in [-0.1, -0.05) is 37.1 Å². The number of halogens is 3. The third-order valence-electron chi connectivity index (χ3n) is 7.50. The van der Waals surface area contributed by atoms with E-state index < -0.39 is 11.7 Å². The molecule has 1 aliphatic carbocycles. The number of carbonyl (C=O) groups is 1. The number of hydrogen-bond acceptors (Lipinski definition) is 3. The maximum Gasteiger partial charge on any atom is 0.417 e. The molecule has 37 heavy (non-hydrogen) atoms. The Balaban J connectivity index is 1.47. The molecule has 5 rings (SSSR count). The highest BCUT2D eigenvalue weighted by Crippen LogP contribution is 2.52. The zero-order valence-corrected chi connectivity index (χ0v) is 20.4. The summed E-state index contributed by atoms with van der Waals surface area (Å²) in [5.41, 5.74) is 2.65. The normalized spacial score (nSPS) is 15.9. The van der Waals surface area contributed by atoms with E-state index in [0.29, 0.717) is 24.2 Å². The number of amides is 2. The lowest BCUT2D eigenvalue weighted by Gasteiger charge is -2.25. The Morgan fingerprint density at radius 1 is 1.08 bits per heavy atom. The number of nitrogens with zero attached hydrogens (tertiary/aromatic N) is 2. The van der Waals surface area contributed by atoms with Gasteiger partial charge in [-0.05, 0) is 71.5 Å². The lowest BCUT2D eigenvalue weighted by molar-refractivity contribution is -0.137. The fraction of sp³-hybridized carbons (Fsp3) is 0.310. The molecule has 0 bridgehead atoms. The highest BCUT2D eigenvalue weighted by Gasteiger charge is 2.46. The van der Waals surface area contributed by atoms with Crippen molar-refractivity contribution in [3.05, 3.63) is 82.9 Å². The summed E-state index contributed by atoms with van der Waals surface area (Å²) >= 11 is 0. The van der Waals surface area contributed by atoms with Crippen molar-refractivity contribution in [3.8, 4) is 22.9 Å². The second kappa shape index (κ2) is 9.47. The van der Waals surface area contributed by atoms with Gasteiger partial charge in [-0.25, -0.2) is 4.79 Å². The van der Waals surface area contributed by atoms with E-state index in [1.54, 1.807) is 41.3 Å². The molecular formula is C29H26F3N3O2. The summed E-state index contributed by atoms with van der Waals surface area (Å²) < 4.78 is 46.8. The Kier molecular flexibility index (Phi) is 6.32. The van der Waals surface area contributed by atoms with Gasteiger partial charge in [-0.2, -0.15) is 18.4 Å². The Hall–Kier alpha value is -3.99. The van der Waals surface area contributed by atoms with Crippen molar-refractivity contribution in [1.29, 1.82) is 5.26 Å². The molecule has 1 aliphatic heterocycles. The molecule has 190 valence electrons. The van der Waals surface area contributed by atoms with Crippen LogP contribution in [0, 0.1) is 11.3 Å². The number of nitrogens with one attached hydrogen (secondary N) is 1. The molecule has 1 saturated carbocycles. The minimum atomic E-state index is -4.54. The number of fused-ring (bicyclic) bond motifs is 2. The number of urea groups is 1. The fourth-order valence-electron chi connectivity index (χ4n) is 5.60. The number of alkyl halides is 3. The number of ether oxygens (including phenoxy) is 1. The van der Waals surface area contributed by atoms with Crippen LogP contribution in [0.4, 0.5) is 23.7 Å². The second-order valence-electron chi connectivity index (χ2n) is 9.68. The lowest BCUT2D eigenvalue weighted by atomic mass is 9.79. The van der Waals surface area contributed by atoms with Gasteiger partial charge in [0, 0.05) is 24.2 Å². The standard InChI is InChI=1S/C29H26F3N3O2/c1-37-22-9-10-23(24(15-22)29(30,31)32)21-8-11-26-25(14-21)28(12-2-3-13-28)18-35(26)27(36)34-17-20-6-4-19(16-33)5-7-20/h4-11,14-15H,2-3,12-13,17-18H2,1H3,(H,34,36). The minimum Gasteiger partial charge on any atom is -0.497 e. The Bertz CT molecular complexity index is 1370. The van der Waals surface area contributed by atoms with Crippen LogP contribution in [0.25, 0.3) is 11.1 Å². The van der Waals surface area contributed by atoms with Crippen LogP contribution in [-0.4, -0.2) is 19.7 Å². The van der Waals surface area contributed by atoms with E-state index >= 15 is 0 Å². The Labute approximate surface area is 213 Å². The van der Waals surface area contributed by atoms with Gasteiger partial charge in [0.05, 0.1) is 24.3 Å². The van der Waals surface area contributed by atoms with Gasteiger partial charge < -0.3 is 10.1 Å². The fourth-order valence-corrected chi connectivity index (χ4v) is 5.60. The number of anilines is 1. The Morgan fingerprint density at radius 2 is 1.81 bits per heavy atom. The zero-order chi connectivity index (χ0) is 26.2. The highest BCUT2D eigenvalue weighted by atomic mass is 19.4. The molecule has 1 heterocycles. The van der Waals surface area contributed by atoms with Crippen molar-refractivity contribution in [2.75, 3.05) is 18.6 Å². The molecule has 2 aliphatic rings. The van der Waals surface area contributed by atoms with E-state index in [0.717, 1.165) is 48.6 Å². The molecule has 1 N–H and O–H groups in total. The van der Waals surface area contributed by atoms with Gasteiger partial charge in [0.1, 0.15) is 5.75 Å². The number of methoxy groups -OCH3 is 1. The van der Waals surface area contributed by atoms with Crippen molar-refractivity contribution >= 4 is 11.7 Å². The summed E-state index contributed by atoms with van der Waals surface area (Å²) in [6, 6.07) is 18.1. The smallest absolute Gasteiger partial charge is 0.417 e. The van der Waals surface area contributed by atoms with E-state index in [4.69, 9.17) is 10.00 Å². The molecule has 0 unspecified atom stereocenters. The first-order chi connectivity index (χ1) is 17.7. The monoisotopic (exact) mass is 505 g/mol. The van der Waals surface area contributed by atoms with E-state index in [1.807, 2.05) is 6.07 Å². The topological polar surface area (TPSA) is 65.4 Å². The number of rotatable bonds is 4. The number of hydrogen-bond donors (Lipinski definition) is 1. The summed E-state index contributed by atoms with van der Waals surface area (Å²) in [7, 11) is 1.34. The maximum atomic E-state index is 13.9. The van der Waals surface area contributed by atoms with Gasteiger partial charge >= 0.3 is 12.2 Å². The third-order valence-corrected chi connectivity index (χ3v) is 7.50. The molecule has 0 atom stereocenters. The maximum absolute atomic E-state index is 13.9. The van der Waals surface area contributed by atoms with Crippen LogP contribution in [0.3, 0.4) is 0 Å². The summed E-state index contributed by atoms with van der Waals surface area (Å²) in [4.78, 5) is 15.0. The predicted octanol–water partition coefficient (Wildman–Crippen LogP) is 6.79. The van der Waals surface area contributed by atoms with Crippen molar-refractivity contribution in [1.82, 2.24) is 5.32 Å². The quantitative estimate of drug-likeness (QED) is 0.424. The molecular weight excluding hydrogens is 479 g/mol. The molecule has 0 saturated heterocycles. The molecule has 2 amide bonds. The van der Waals surface area contributed by atoms with Crippen molar-refractivity contribution in [2.24, 2.45) is 0 Å². The van der Waals surface area contributed by atoms with Crippen molar-refractivity contribution < 1.29 is 22.7 Å². The van der Waals surface area contributed by atoms with Gasteiger partial charge in [-0.15, -0.1) is 0 Å². The van der Waals surface area contributed by atoms with Crippen LogP contribution in [0.5, 0.6) is 5.75 Å². The molecule has 0 radical (unpaired) electrons. The van der Waals surface area contributed by atoms with Gasteiger partial charge in [0.15, 0.2) is 0 Å². The largest absolute Gasteiger partial charge is 0.497 e. The molecule has 0 aromatic heterocycles. The molecule has 1 fully saturated rings. The SMILES string of the molecule is COc1ccc(-c2ccc3c(c2)C2(CCCC2)CN3C(=O)NCc2ccc(C#N)cc2)c(C(F)(F)F)c1. The van der Waals surface area contributed by atoms with E-state index in [1.165, 1.54) is 19.2 Å². The van der Waals surface area contributed by atoms with E-state index in [9.17, 15) is 18.0 Å². The van der Waals surface area contributed by atoms with Gasteiger partial charge in [-0.3, -0.25) is 4.90 Å². The summed E-state index contributed by atoms with van der Waals surface area (Å²) in [5.74, 6) is 0.148. The Morgan fingerprint density at radius 3 is 2.46 bits per heavy atom. The second-order valence-corrected chi connectivity index (χ2v) is 9.68. The average molecular weight is 506 g/mol. The molecule has 3 aromatic rings. The summed E-state index contributed by atoms with van der Waals surface area (Å²) in [6.07, 6.45) is -0.734. The first-order valence-corrected chi connectivity index (χ1v) is 12.2. The van der Waals surface area contributed by atoms with Gasteiger partial charge in [0.2, 0.25) is 0 Å². The zero-order valence-electron chi connectivity index (χ0n) is 20.4. The minimum absolute atomic E-state index is 0.0907. The van der Waals surface area contributed by atoms with E-state index in [2.05, 4.69) is 11.4 Å². The van der Waals surface area contributed by atoms with Crippen molar-refractivity contribution in [2.45, 2.75) is 43.8 Å². The number of nitriles is 1. The van der Waals surface area contributed by atoms with Crippen LogP contribution in [0.15, 0.2) is 60.7 Å². The summed E-state index contributed by atoms with van der Waals surface area (Å²) in [5, 5.41) is 11.9. The number of benzene rings is 3. The molecule has 5 nitrogen and oxygen atoms in total. The average Bonchev–Trinajstić information content (AvgIpc) is 3.51. The van der Waals surface area contributed by atoms with Gasteiger partial charge in [0.25, 0.3) is 0 Å².